The van der Waals surface area contributed by atoms with Gasteiger partial charge in [-0.25, -0.2) is 0 Å². The molecule has 0 bridgehead atoms. The van der Waals surface area contributed by atoms with Crippen molar-refractivity contribution in [3.63, 3.8) is 0 Å². The fourth-order valence-corrected chi connectivity index (χ4v) is 4.30. The molecule has 0 aliphatic carbocycles. The van der Waals surface area contributed by atoms with Crippen LogP contribution in [0.25, 0.3) is 21.8 Å². The molecule has 0 radical (unpaired) electrons. The Morgan fingerprint density at radius 3 is 2.38 bits per heavy atom. The molecule has 0 atom stereocenters. The number of carbonyl (C=O) groups is 1. The number of benzene rings is 3. The fourth-order valence-electron chi connectivity index (χ4n) is 4.30. The summed E-state index contributed by atoms with van der Waals surface area (Å²) >= 11 is 0. The lowest BCUT2D eigenvalue weighted by Crippen LogP contribution is -2.26. The Hall–Kier alpha value is -3.86. The van der Waals surface area contributed by atoms with Crippen molar-refractivity contribution < 1.29 is 4.79 Å². The highest BCUT2D eigenvalue weighted by atomic mass is 16.1. The van der Waals surface area contributed by atoms with Crippen LogP contribution in [0.5, 0.6) is 0 Å². The van der Waals surface area contributed by atoms with Crippen molar-refractivity contribution in [1.82, 2.24) is 19.7 Å². The summed E-state index contributed by atoms with van der Waals surface area (Å²) in [6.45, 7) is 3.27. The number of hydrogen-bond donors (Lipinski definition) is 1. The summed E-state index contributed by atoms with van der Waals surface area (Å²) in [6.07, 6.45) is 2.91. The molecule has 0 saturated heterocycles. The summed E-state index contributed by atoms with van der Waals surface area (Å²) in [5.74, 6) is -0.135. The first-order valence-electron chi connectivity index (χ1n) is 10.9. The van der Waals surface area contributed by atoms with Crippen LogP contribution in [-0.4, -0.2) is 26.8 Å². The average Bonchev–Trinajstić information content (AvgIpc) is 3.34. The zero-order valence-corrected chi connectivity index (χ0v) is 18.4. The molecule has 0 saturated carbocycles. The Bertz CT molecular complexity index is 1410. The SMILES string of the molecule is Cc1ccc(Cn2nc(C(=O)NCCc3cn(C)c4ccccc34)c3ccccc32)cc1. The molecule has 5 nitrogen and oxygen atoms in total. The maximum absolute atomic E-state index is 13.0. The van der Waals surface area contributed by atoms with Gasteiger partial charge in [0.2, 0.25) is 0 Å². The van der Waals surface area contributed by atoms with Crippen molar-refractivity contribution in [2.24, 2.45) is 7.05 Å². The molecule has 0 unspecified atom stereocenters. The minimum absolute atomic E-state index is 0.135. The van der Waals surface area contributed by atoms with Crippen LogP contribution >= 0.6 is 0 Å². The van der Waals surface area contributed by atoms with Crippen LogP contribution in [0.4, 0.5) is 0 Å². The minimum atomic E-state index is -0.135. The Kier molecular flexibility index (Phi) is 5.23. The molecule has 160 valence electrons. The Morgan fingerprint density at radius 2 is 1.59 bits per heavy atom. The van der Waals surface area contributed by atoms with Crippen molar-refractivity contribution >= 4 is 27.7 Å². The smallest absolute Gasteiger partial charge is 0.272 e. The van der Waals surface area contributed by atoms with Gasteiger partial charge >= 0.3 is 0 Å². The van der Waals surface area contributed by atoms with Gasteiger partial charge in [-0.15, -0.1) is 0 Å². The van der Waals surface area contributed by atoms with Crippen LogP contribution in [0.1, 0.15) is 27.2 Å². The van der Waals surface area contributed by atoms with Gasteiger partial charge < -0.3 is 9.88 Å². The van der Waals surface area contributed by atoms with Gasteiger partial charge in [0.05, 0.1) is 12.1 Å². The highest BCUT2D eigenvalue weighted by molar-refractivity contribution is 6.04. The van der Waals surface area contributed by atoms with Gasteiger partial charge in [-0.1, -0.05) is 66.2 Å². The topological polar surface area (TPSA) is 51.9 Å². The van der Waals surface area contributed by atoms with E-state index in [1.165, 1.54) is 22.0 Å². The third-order valence-electron chi connectivity index (χ3n) is 5.99. The lowest BCUT2D eigenvalue weighted by molar-refractivity contribution is 0.0950. The predicted molar refractivity (Wildman–Crippen MR) is 129 cm³/mol. The molecular formula is C27H26N4O. The number of rotatable bonds is 6. The molecule has 2 aromatic heterocycles. The van der Waals surface area contributed by atoms with Crippen LogP contribution < -0.4 is 5.32 Å². The Labute approximate surface area is 187 Å². The molecule has 5 heteroatoms. The Balaban J connectivity index is 1.34. The molecule has 1 amide bonds. The second-order valence-electron chi connectivity index (χ2n) is 8.30. The van der Waals surface area contributed by atoms with E-state index in [2.05, 4.69) is 77.6 Å². The number of para-hydroxylation sites is 2. The van der Waals surface area contributed by atoms with E-state index < -0.39 is 0 Å². The van der Waals surface area contributed by atoms with E-state index >= 15 is 0 Å². The van der Waals surface area contributed by atoms with Crippen molar-refractivity contribution in [3.05, 3.63) is 101 Å². The molecule has 1 N–H and O–H groups in total. The molecule has 32 heavy (non-hydrogen) atoms. The van der Waals surface area contributed by atoms with Gasteiger partial charge in [0, 0.05) is 36.1 Å². The molecule has 0 fully saturated rings. The van der Waals surface area contributed by atoms with Crippen LogP contribution in [0.15, 0.2) is 79.0 Å². The fraction of sp³-hybridized carbons (Fsp3) is 0.185. The summed E-state index contributed by atoms with van der Waals surface area (Å²) in [5.41, 5.74) is 6.27. The number of hydrogen-bond acceptors (Lipinski definition) is 2. The van der Waals surface area contributed by atoms with Gasteiger partial charge in [0.15, 0.2) is 5.69 Å². The third kappa shape index (κ3) is 3.78. The third-order valence-corrected chi connectivity index (χ3v) is 5.99. The van der Waals surface area contributed by atoms with E-state index in [1.54, 1.807) is 0 Å². The Morgan fingerprint density at radius 1 is 0.906 bits per heavy atom. The predicted octanol–water partition coefficient (Wildman–Crippen LogP) is 4.86. The second-order valence-corrected chi connectivity index (χ2v) is 8.30. The summed E-state index contributed by atoms with van der Waals surface area (Å²) in [6, 6.07) is 24.7. The highest BCUT2D eigenvalue weighted by Gasteiger charge is 2.17. The largest absolute Gasteiger partial charge is 0.350 e. The second kappa shape index (κ2) is 8.35. The number of carbonyl (C=O) groups excluding carboxylic acids is 1. The first-order chi connectivity index (χ1) is 15.6. The van der Waals surface area contributed by atoms with Crippen LogP contribution in [0, 0.1) is 6.92 Å². The van der Waals surface area contributed by atoms with Crippen molar-refractivity contribution in [2.45, 2.75) is 19.9 Å². The number of nitrogens with zero attached hydrogens (tertiary/aromatic N) is 3. The molecule has 0 aliphatic heterocycles. The molecule has 5 rings (SSSR count). The van der Waals surface area contributed by atoms with Gasteiger partial charge in [0.1, 0.15) is 0 Å². The standard InChI is InChI=1S/C27H26N4O/c1-19-11-13-20(14-12-19)17-31-25-10-6-4-8-23(25)26(29-31)27(32)28-16-15-21-18-30(2)24-9-5-3-7-22(21)24/h3-14,18H,15-17H2,1-2H3,(H,28,32). The monoisotopic (exact) mass is 422 g/mol. The van der Waals surface area contributed by atoms with E-state index in [0.29, 0.717) is 18.8 Å². The quantitative estimate of drug-likeness (QED) is 0.425. The van der Waals surface area contributed by atoms with E-state index in [9.17, 15) is 4.79 Å². The highest BCUT2D eigenvalue weighted by Crippen LogP contribution is 2.22. The van der Waals surface area contributed by atoms with Crippen molar-refractivity contribution in [2.75, 3.05) is 6.54 Å². The number of nitrogens with one attached hydrogen (secondary N) is 1. The van der Waals surface area contributed by atoms with Gasteiger partial charge in [0.25, 0.3) is 5.91 Å². The zero-order valence-electron chi connectivity index (χ0n) is 18.4. The lowest BCUT2D eigenvalue weighted by Gasteiger charge is -2.04. The molecule has 5 aromatic rings. The van der Waals surface area contributed by atoms with E-state index in [4.69, 9.17) is 0 Å². The molecular weight excluding hydrogens is 396 g/mol. The van der Waals surface area contributed by atoms with E-state index in [-0.39, 0.29) is 5.91 Å². The number of fused-ring (bicyclic) bond motifs is 2. The number of aromatic nitrogens is 3. The van der Waals surface area contributed by atoms with Crippen LogP contribution in [-0.2, 0) is 20.0 Å². The van der Waals surface area contributed by atoms with Gasteiger partial charge in [-0.2, -0.15) is 5.10 Å². The lowest BCUT2D eigenvalue weighted by atomic mass is 10.1. The van der Waals surface area contributed by atoms with E-state index in [1.807, 2.05) is 35.0 Å². The molecule has 2 heterocycles. The maximum Gasteiger partial charge on any atom is 0.272 e. The summed E-state index contributed by atoms with van der Waals surface area (Å²) < 4.78 is 4.05. The van der Waals surface area contributed by atoms with Crippen molar-refractivity contribution in [3.8, 4) is 0 Å². The van der Waals surface area contributed by atoms with E-state index in [0.717, 1.165) is 22.9 Å². The first kappa shape index (κ1) is 20.1. The van der Waals surface area contributed by atoms with Crippen LogP contribution in [0.3, 0.4) is 0 Å². The first-order valence-corrected chi connectivity index (χ1v) is 10.9. The molecule has 0 spiro atoms. The maximum atomic E-state index is 13.0. The van der Waals surface area contributed by atoms with Crippen molar-refractivity contribution in [1.29, 1.82) is 0 Å². The van der Waals surface area contributed by atoms with Crippen LogP contribution in [0.2, 0.25) is 0 Å². The number of amides is 1. The summed E-state index contributed by atoms with van der Waals surface area (Å²) in [4.78, 5) is 13.0. The van der Waals surface area contributed by atoms with Gasteiger partial charge in [-0.3, -0.25) is 9.48 Å². The summed E-state index contributed by atoms with van der Waals surface area (Å²) in [7, 11) is 2.05. The zero-order chi connectivity index (χ0) is 22.1. The average molecular weight is 423 g/mol. The number of aryl methyl sites for hydroxylation is 2. The van der Waals surface area contributed by atoms with Gasteiger partial charge in [-0.05, 0) is 36.6 Å². The molecule has 0 aliphatic rings. The minimum Gasteiger partial charge on any atom is -0.350 e. The summed E-state index contributed by atoms with van der Waals surface area (Å²) in [5, 5.41) is 9.87. The normalized spacial score (nSPS) is 11.3. The molecule has 3 aromatic carbocycles.